The zero-order valence-electron chi connectivity index (χ0n) is 16.3. The quantitative estimate of drug-likeness (QED) is 0.282. The van der Waals surface area contributed by atoms with E-state index in [2.05, 4.69) is 0 Å². The average Bonchev–Trinajstić information content (AvgIpc) is 2.80. The second-order valence-corrected chi connectivity index (χ2v) is 8.12. The summed E-state index contributed by atoms with van der Waals surface area (Å²) in [4.78, 5) is 13.2. The van der Waals surface area contributed by atoms with Gasteiger partial charge in [-0.25, -0.2) is 0 Å². The summed E-state index contributed by atoms with van der Waals surface area (Å²) in [6, 6.07) is 30.1. The van der Waals surface area contributed by atoms with Crippen molar-refractivity contribution >= 4 is 34.2 Å². The topological polar surface area (TPSA) is 30.2 Å². The number of hydrogen-bond acceptors (Lipinski definition) is 2. The van der Waals surface area contributed by atoms with Crippen molar-refractivity contribution in [3.63, 3.8) is 0 Å². The van der Waals surface area contributed by atoms with Crippen LogP contribution >= 0.6 is 23.2 Å². The molecular formula is C27H16Cl2O2. The Morgan fingerprint density at radius 2 is 1.19 bits per heavy atom. The summed E-state index contributed by atoms with van der Waals surface area (Å²) in [5.41, 5.74) is 4.90. The lowest BCUT2D eigenvalue weighted by atomic mass is 9.95. The first-order valence-corrected chi connectivity index (χ1v) is 10.5. The van der Waals surface area contributed by atoms with E-state index in [-0.39, 0.29) is 5.43 Å². The Bertz CT molecular complexity index is 1440. The first-order valence-electron chi connectivity index (χ1n) is 9.78. The fraction of sp³-hybridized carbons (Fsp3) is 0. The highest BCUT2D eigenvalue weighted by Gasteiger charge is 2.15. The van der Waals surface area contributed by atoms with Crippen molar-refractivity contribution in [3.05, 3.63) is 117 Å². The van der Waals surface area contributed by atoms with Gasteiger partial charge in [-0.3, -0.25) is 4.79 Å². The highest BCUT2D eigenvalue weighted by Crippen LogP contribution is 2.35. The van der Waals surface area contributed by atoms with E-state index in [0.29, 0.717) is 26.8 Å². The van der Waals surface area contributed by atoms with Gasteiger partial charge in [0.15, 0.2) is 5.43 Å². The molecule has 0 atom stereocenters. The van der Waals surface area contributed by atoms with E-state index >= 15 is 0 Å². The summed E-state index contributed by atoms with van der Waals surface area (Å²) >= 11 is 12.2. The molecule has 0 aliphatic rings. The van der Waals surface area contributed by atoms with Gasteiger partial charge in [0, 0.05) is 21.7 Å². The predicted molar refractivity (Wildman–Crippen MR) is 129 cm³/mol. The molecule has 1 aromatic heterocycles. The first kappa shape index (κ1) is 19.6. The third-order valence-corrected chi connectivity index (χ3v) is 5.73. The molecule has 0 spiro atoms. The van der Waals surface area contributed by atoms with E-state index in [1.165, 1.54) is 0 Å². The SMILES string of the molecule is O=c1cc(-c2ccccc2)oc2cc(-c3ccc(Cl)cc3)cc(-c3ccc(Cl)cc3)c12. The van der Waals surface area contributed by atoms with Gasteiger partial charge >= 0.3 is 0 Å². The molecule has 0 aliphatic heterocycles. The van der Waals surface area contributed by atoms with Crippen LogP contribution in [-0.4, -0.2) is 0 Å². The minimum atomic E-state index is -0.0901. The van der Waals surface area contributed by atoms with E-state index in [1.807, 2.05) is 91.0 Å². The number of hydrogen-bond donors (Lipinski definition) is 0. The van der Waals surface area contributed by atoms with Gasteiger partial charge in [0.25, 0.3) is 0 Å². The molecule has 2 nitrogen and oxygen atoms in total. The Morgan fingerprint density at radius 1 is 0.581 bits per heavy atom. The number of halogens is 2. The molecular weight excluding hydrogens is 427 g/mol. The lowest BCUT2D eigenvalue weighted by molar-refractivity contribution is 0.619. The molecule has 0 saturated carbocycles. The Morgan fingerprint density at radius 3 is 1.84 bits per heavy atom. The van der Waals surface area contributed by atoms with Crippen LogP contribution in [0.15, 0.2) is 106 Å². The second-order valence-electron chi connectivity index (χ2n) is 7.25. The van der Waals surface area contributed by atoms with Crippen molar-refractivity contribution in [1.29, 1.82) is 0 Å². The fourth-order valence-electron chi connectivity index (χ4n) is 3.70. The van der Waals surface area contributed by atoms with Gasteiger partial charge in [-0.1, -0.05) is 77.8 Å². The summed E-state index contributed by atoms with van der Waals surface area (Å²) in [5.74, 6) is 0.536. The van der Waals surface area contributed by atoms with Gasteiger partial charge in [-0.15, -0.1) is 0 Å². The van der Waals surface area contributed by atoms with E-state index < -0.39 is 0 Å². The molecule has 0 N–H and O–H groups in total. The van der Waals surface area contributed by atoms with Gasteiger partial charge in [0.05, 0.1) is 5.39 Å². The molecule has 5 rings (SSSR count). The van der Waals surface area contributed by atoms with Crippen LogP contribution in [0.5, 0.6) is 0 Å². The van der Waals surface area contributed by atoms with Crippen molar-refractivity contribution in [1.82, 2.24) is 0 Å². The standard InChI is InChI=1S/C27H16Cl2O2/c28-21-10-6-17(7-11-21)20-14-23(18-8-12-22(29)13-9-18)27-24(30)16-25(31-26(27)15-20)19-4-2-1-3-5-19/h1-16H. The maximum absolute atomic E-state index is 13.2. The normalized spacial score (nSPS) is 11.0. The maximum Gasteiger partial charge on any atom is 0.193 e. The van der Waals surface area contributed by atoms with Crippen molar-refractivity contribution in [2.75, 3.05) is 0 Å². The molecule has 4 aromatic carbocycles. The summed E-state index contributed by atoms with van der Waals surface area (Å²) in [6.07, 6.45) is 0. The molecule has 0 radical (unpaired) electrons. The van der Waals surface area contributed by atoms with Crippen molar-refractivity contribution in [2.45, 2.75) is 0 Å². The van der Waals surface area contributed by atoms with Gasteiger partial charge in [0.1, 0.15) is 11.3 Å². The third-order valence-electron chi connectivity index (χ3n) is 5.22. The Labute approximate surface area is 189 Å². The Balaban J connectivity index is 1.81. The predicted octanol–water partition coefficient (Wildman–Crippen LogP) is 8.10. The summed E-state index contributed by atoms with van der Waals surface area (Å²) in [7, 11) is 0. The van der Waals surface area contributed by atoms with Crippen LogP contribution in [0.1, 0.15) is 0 Å². The highest BCUT2D eigenvalue weighted by molar-refractivity contribution is 6.31. The average molecular weight is 443 g/mol. The van der Waals surface area contributed by atoms with Crippen molar-refractivity contribution in [2.24, 2.45) is 0 Å². The zero-order chi connectivity index (χ0) is 21.4. The van der Waals surface area contributed by atoms with Gasteiger partial charge in [-0.2, -0.15) is 0 Å². The Hall–Kier alpha value is -3.33. The third kappa shape index (κ3) is 3.88. The lowest BCUT2D eigenvalue weighted by Crippen LogP contribution is -2.03. The van der Waals surface area contributed by atoms with Crippen molar-refractivity contribution < 1.29 is 4.42 Å². The van der Waals surface area contributed by atoms with Gasteiger partial charge in [-0.05, 0) is 58.7 Å². The number of fused-ring (bicyclic) bond motifs is 1. The minimum absolute atomic E-state index is 0.0901. The highest BCUT2D eigenvalue weighted by atomic mass is 35.5. The largest absolute Gasteiger partial charge is 0.456 e. The second kappa shape index (κ2) is 8.07. The fourth-order valence-corrected chi connectivity index (χ4v) is 3.95. The van der Waals surface area contributed by atoms with E-state index in [1.54, 1.807) is 6.07 Å². The molecule has 150 valence electrons. The molecule has 1 heterocycles. The van der Waals surface area contributed by atoms with Crippen LogP contribution in [0.2, 0.25) is 10.0 Å². The van der Waals surface area contributed by atoms with Gasteiger partial charge < -0.3 is 4.42 Å². The molecule has 4 heteroatoms. The molecule has 0 bridgehead atoms. The molecule has 5 aromatic rings. The smallest absolute Gasteiger partial charge is 0.193 e. The zero-order valence-corrected chi connectivity index (χ0v) is 17.8. The van der Waals surface area contributed by atoms with Crippen LogP contribution in [0.25, 0.3) is 44.5 Å². The summed E-state index contributed by atoms with van der Waals surface area (Å²) in [6.45, 7) is 0. The minimum Gasteiger partial charge on any atom is -0.456 e. The number of rotatable bonds is 3. The summed E-state index contributed by atoms with van der Waals surface area (Å²) < 4.78 is 6.25. The van der Waals surface area contributed by atoms with E-state index in [0.717, 1.165) is 27.8 Å². The molecule has 0 amide bonds. The molecule has 0 unspecified atom stereocenters. The van der Waals surface area contributed by atoms with Crippen molar-refractivity contribution in [3.8, 4) is 33.6 Å². The first-order chi connectivity index (χ1) is 15.1. The number of benzene rings is 4. The molecule has 0 fully saturated rings. The summed E-state index contributed by atoms with van der Waals surface area (Å²) in [5, 5.41) is 1.85. The van der Waals surface area contributed by atoms with Gasteiger partial charge in [0.2, 0.25) is 0 Å². The van der Waals surface area contributed by atoms with Crippen LogP contribution in [0.3, 0.4) is 0 Å². The molecule has 0 aliphatic carbocycles. The van der Waals surface area contributed by atoms with Crippen LogP contribution < -0.4 is 5.43 Å². The van der Waals surface area contributed by atoms with E-state index in [9.17, 15) is 4.79 Å². The van der Waals surface area contributed by atoms with Crippen LogP contribution in [0.4, 0.5) is 0 Å². The van der Waals surface area contributed by atoms with Crippen LogP contribution in [-0.2, 0) is 0 Å². The monoisotopic (exact) mass is 442 g/mol. The molecule has 0 saturated heterocycles. The molecule has 31 heavy (non-hydrogen) atoms. The van der Waals surface area contributed by atoms with E-state index in [4.69, 9.17) is 27.6 Å². The lowest BCUT2D eigenvalue weighted by Gasteiger charge is -2.12. The maximum atomic E-state index is 13.2. The van der Waals surface area contributed by atoms with Crippen LogP contribution in [0, 0.1) is 0 Å². The Kier molecular flexibility index (Phi) is 5.11.